The van der Waals surface area contributed by atoms with Crippen LogP contribution in [-0.2, 0) is 0 Å². The van der Waals surface area contributed by atoms with Crippen molar-refractivity contribution in [3.05, 3.63) is 52.1 Å². The van der Waals surface area contributed by atoms with E-state index in [2.05, 4.69) is 78.0 Å². The molecule has 0 unspecified atom stereocenters. The summed E-state index contributed by atoms with van der Waals surface area (Å²) in [7, 11) is 0. The van der Waals surface area contributed by atoms with Crippen LogP contribution >= 0.6 is 22.6 Å². The highest BCUT2D eigenvalue weighted by molar-refractivity contribution is 14.1. The van der Waals surface area contributed by atoms with Gasteiger partial charge in [0.2, 0.25) is 0 Å². The van der Waals surface area contributed by atoms with E-state index in [1.807, 2.05) is 0 Å². The quantitative estimate of drug-likeness (QED) is 0.428. The van der Waals surface area contributed by atoms with Crippen LogP contribution in [0.4, 0.5) is 0 Å². The number of rotatable bonds is 7. The Morgan fingerprint density at radius 1 is 0.800 bits per heavy atom. The number of ether oxygens (including phenoxy) is 1. The Balaban J connectivity index is 1.88. The van der Waals surface area contributed by atoms with Gasteiger partial charge < -0.3 is 4.74 Å². The summed E-state index contributed by atoms with van der Waals surface area (Å²) in [6.07, 6.45) is 4.98. The molecule has 0 bridgehead atoms. The van der Waals surface area contributed by atoms with Gasteiger partial charge in [-0.25, -0.2) is 0 Å². The molecule has 106 valence electrons. The monoisotopic (exact) mass is 380 g/mol. The molecule has 0 aliphatic rings. The summed E-state index contributed by atoms with van der Waals surface area (Å²) >= 11 is 2.33. The minimum Gasteiger partial charge on any atom is -0.494 e. The average molecular weight is 380 g/mol. The van der Waals surface area contributed by atoms with Gasteiger partial charge in [-0.05, 0) is 64.4 Å². The zero-order valence-electron chi connectivity index (χ0n) is 11.9. The molecule has 0 spiro atoms. The molecule has 0 aliphatic carbocycles. The second-order valence-electron chi connectivity index (χ2n) is 4.94. The maximum absolute atomic E-state index is 5.76. The van der Waals surface area contributed by atoms with Crippen LogP contribution in [0, 0.1) is 3.57 Å². The first kappa shape index (κ1) is 15.4. The van der Waals surface area contributed by atoms with Gasteiger partial charge in [-0.3, -0.25) is 0 Å². The molecule has 0 saturated carbocycles. The summed E-state index contributed by atoms with van der Waals surface area (Å²) in [6.45, 7) is 3.05. The third kappa shape index (κ3) is 4.82. The van der Waals surface area contributed by atoms with Crippen LogP contribution in [0.2, 0.25) is 0 Å². The number of unbranched alkanes of at least 4 members (excludes halogenated alkanes) is 3. The van der Waals surface area contributed by atoms with Crippen molar-refractivity contribution in [3.63, 3.8) is 0 Å². The van der Waals surface area contributed by atoms with Gasteiger partial charge >= 0.3 is 0 Å². The SMILES string of the molecule is CCCCCCOc1ccc(-c2ccc(I)cc2)cc1. The number of hydrogen-bond acceptors (Lipinski definition) is 1. The first-order valence-electron chi connectivity index (χ1n) is 7.28. The van der Waals surface area contributed by atoms with Crippen LogP contribution in [-0.4, -0.2) is 6.61 Å². The van der Waals surface area contributed by atoms with Crippen molar-refractivity contribution in [2.75, 3.05) is 6.61 Å². The van der Waals surface area contributed by atoms with E-state index in [4.69, 9.17) is 4.74 Å². The van der Waals surface area contributed by atoms with Crippen LogP contribution in [0.1, 0.15) is 32.6 Å². The fourth-order valence-electron chi connectivity index (χ4n) is 2.10. The molecule has 1 nitrogen and oxygen atoms in total. The van der Waals surface area contributed by atoms with Gasteiger partial charge in [0.1, 0.15) is 5.75 Å². The molecule has 0 aliphatic heterocycles. The molecule has 2 aromatic rings. The fraction of sp³-hybridized carbons (Fsp3) is 0.333. The molecule has 2 rings (SSSR count). The summed E-state index contributed by atoms with van der Waals surface area (Å²) in [4.78, 5) is 0. The van der Waals surface area contributed by atoms with Crippen molar-refractivity contribution < 1.29 is 4.74 Å². The number of hydrogen-bond donors (Lipinski definition) is 0. The van der Waals surface area contributed by atoms with E-state index in [0.717, 1.165) is 18.8 Å². The van der Waals surface area contributed by atoms with E-state index in [0.29, 0.717) is 0 Å². The molecule has 0 fully saturated rings. The minimum atomic E-state index is 0.822. The highest BCUT2D eigenvalue weighted by Gasteiger charge is 1.99. The highest BCUT2D eigenvalue weighted by atomic mass is 127. The number of benzene rings is 2. The molecule has 20 heavy (non-hydrogen) atoms. The van der Waals surface area contributed by atoms with E-state index in [9.17, 15) is 0 Å². The summed E-state index contributed by atoms with van der Waals surface area (Å²) in [5.74, 6) is 0.968. The number of halogens is 1. The molecular weight excluding hydrogens is 359 g/mol. The second-order valence-corrected chi connectivity index (χ2v) is 6.19. The zero-order chi connectivity index (χ0) is 14.2. The highest BCUT2D eigenvalue weighted by Crippen LogP contribution is 2.23. The van der Waals surface area contributed by atoms with Crippen LogP contribution in [0.25, 0.3) is 11.1 Å². The van der Waals surface area contributed by atoms with Crippen molar-refractivity contribution in [2.24, 2.45) is 0 Å². The van der Waals surface area contributed by atoms with Crippen molar-refractivity contribution in [1.82, 2.24) is 0 Å². The average Bonchev–Trinajstić information content (AvgIpc) is 2.49. The standard InChI is InChI=1S/C18H21IO/c1-2-3-4-5-14-20-18-12-8-16(9-13-18)15-6-10-17(19)11-7-15/h6-13H,2-5,14H2,1H3. The van der Waals surface area contributed by atoms with E-state index in [-0.39, 0.29) is 0 Å². The third-order valence-electron chi connectivity index (χ3n) is 3.30. The smallest absolute Gasteiger partial charge is 0.119 e. The Bertz CT molecular complexity index is 502. The van der Waals surface area contributed by atoms with Crippen molar-refractivity contribution >= 4 is 22.6 Å². The van der Waals surface area contributed by atoms with Crippen molar-refractivity contribution in [3.8, 4) is 16.9 Å². The maximum atomic E-state index is 5.76. The first-order valence-corrected chi connectivity index (χ1v) is 8.36. The van der Waals surface area contributed by atoms with E-state index in [1.165, 1.54) is 34.0 Å². The summed E-state index contributed by atoms with van der Waals surface area (Å²) in [6, 6.07) is 17.0. The molecule has 0 saturated heterocycles. The minimum absolute atomic E-state index is 0.822. The Labute approximate surface area is 135 Å². The molecule has 0 aromatic heterocycles. The van der Waals surface area contributed by atoms with Crippen LogP contribution in [0.5, 0.6) is 5.75 Å². The fourth-order valence-corrected chi connectivity index (χ4v) is 2.46. The normalized spacial score (nSPS) is 10.5. The third-order valence-corrected chi connectivity index (χ3v) is 4.02. The van der Waals surface area contributed by atoms with Crippen molar-refractivity contribution in [2.45, 2.75) is 32.6 Å². The summed E-state index contributed by atoms with van der Waals surface area (Å²) in [5, 5.41) is 0. The lowest BCUT2D eigenvalue weighted by Crippen LogP contribution is -1.96. The van der Waals surface area contributed by atoms with Gasteiger partial charge in [-0.1, -0.05) is 50.5 Å². The summed E-state index contributed by atoms with van der Waals surface area (Å²) < 4.78 is 7.02. The van der Waals surface area contributed by atoms with Crippen LogP contribution < -0.4 is 4.74 Å². The Morgan fingerprint density at radius 3 is 2.00 bits per heavy atom. The molecule has 0 radical (unpaired) electrons. The van der Waals surface area contributed by atoms with Gasteiger partial charge in [0.05, 0.1) is 6.61 Å². The van der Waals surface area contributed by atoms with Crippen LogP contribution in [0.15, 0.2) is 48.5 Å². The largest absolute Gasteiger partial charge is 0.494 e. The Kier molecular flexibility index (Phi) is 6.37. The lowest BCUT2D eigenvalue weighted by molar-refractivity contribution is 0.305. The Morgan fingerprint density at radius 2 is 1.40 bits per heavy atom. The molecule has 0 heterocycles. The lowest BCUT2D eigenvalue weighted by Gasteiger charge is -2.07. The predicted octanol–water partition coefficient (Wildman–Crippen LogP) is 5.92. The first-order chi connectivity index (χ1) is 9.79. The van der Waals surface area contributed by atoms with Gasteiger partial charge in [0.15, 0.2) is 0 Å². The van der Waals surface area contributed by atoms with Gasteiger partial charge in [0, 0.05) is 3.57 Å². The molecule has 0 N–H and O–H groups in total. The zero-order valence-corrected chi connectivity index (χ0v) is 14.1. The van der Waals surface area contributed by atoms with E-state index in [1.54, 1.807) is 0 Å². The van der Waals surface area contributed by atoms with Crippen molar-refractivity contribution in [1.29, 1.82) is 0 Å². The molecular formula is C18H21IO. The van der Waals surface area contributed by atoms with E-state index < -0.39 is 0 Å². The molecule has 2 heteroatoms. The van der Waals surface area contributed by atoms with Crippen LogP contribution in [0.3, 0.4) is 0 Å². The van der Waals surface area contributed by atoms with Gasteiger partial charge in [0.25, 0.3) is 0 Å². The van der Waals surface area contributed by atoms with Gasteiger partial charge in [-0.15, -0.1) is 0 Å². The second kappa shape index (κ2) is 8.30. The van der Waals surface area contributed by atoms with Gasteiger partial charge in [-0.2, -0.15) is 0 Å². The molecule has 0 atom stereocenters. The Hall–Kier alpha value is -1.03. The maximum Gasteiger partial charge on any atom is 0.119 e. The van der Waals surface area contributed by atoms with E-state index >= 15 is 0 Å². The summed E-state index contributed by atoms with van der Waals surface area (Å²) in [5.41, 5.74) is 2.49. The lowest BCUT2D eigenvalue weighted by atomic mass is 10.1. The molecule has 2 aromatic carbocycles. The predicted molar refractivity (Wildman–Crippen MR) is 94.2 cm³/mol. The molecule has 0 amide bonds. The topological polar surface area (TPSA) is 9.23 Å².